The molecule has 0 unspecified atom stereocenters. The molecular formula is C15H14Cl2N2O. The lowest BCUT2D eigenvalue weighted by Gasteiger charge is -2.07. The Morgan fingerprint density at radius 3 is 2.80 bits per heavy atom. The summed E-state index contributed by atoms with van der Waals surface area (Å²) in [5.74, 6) is -0.0786. The molecule has 2 aromatic rings. The van der Waals surface area contributed by atoms with E-state index in [0.717, 1.165) is 11.3 Å². The first kappa shape index (κ1) is 14.8. The van der Waals surface area contributed by atoms with E-state index in [1.165, 1.54) is 0 Å². The highest BCUT2D eigenvalue weighted by atomic mass is 35.5. The molecule has 0 aliphatic carbocycles. The number of rotatable bonds is 5. The van der Waals surface area contributed by atoms with Crippen LogP contribution in [0.5, 0.6) is 0 Å². The van der Waals surface area contributed by atoms with Crippen LogP contribution in [-0.2, 0) is 17.6 Å². The Balaban J connectivity index is 1.82. The lowest BCUT2D eigenvalue weighted by molar-refractivity contribution is -0.120. The van der Waals surface area contributed by atoms with Crippen LogP contribution in [0.2, 0.25) is 10.0 Å². The number of nitrogens with zero attached hydrogens (tertiary/aromatic N) is 1. The maximum Gasteiger partial charge on any atom is 0.224 e. The molecular weight excluding hydrogens is 295 g/mol. The van der Waals surface area contributed by atoms with Crippen LogP contribution in [0.15, 0.2) is 42.6 Å². The van der Waals surface area contributed by atoms with Crippen LogP contribution in [-0.4, -0.2) is 17.4 Å². The highest BCUT2D eigenvalue weighted by Crippen LogP contribution is 2.20. The average Bonchev–Trinajstić information content (AvgIpc) is 2.44. The molecule has 0 atom stereocenters. The zero-order chi connectivity index (χ0) is 14.4. The number of halogens is 2. The minimum absolute atomic E-state index is 0.0786. The zero-order valence-electron chi connectivity index (χ0n) is 10.8. The van der Waals surface area contributed by atoms with Gasteiger partial charge in [0.25, 0.3) is 0 Å². The van der Waals surface area contributed by atoms with Crippen molar-refractivity contribution in [1.29, 1.82) is 0 Å². The Morgan fingerprint density at radius 2 is 2.05 bits per heavy atom. The maximum absolute atomic E-state index is 11.8. The monoisotopic (exact) mass is 308 g/mol. The molecule has 0 spiro atoms. The fourth-order valence-electron chi connectivity index (χ4n) is 1.79. The number of hydrogen-bond donors (Lipinski definition) is 1. The standard InChI is InChI=1S/C15H14Cl2N2O/c16-12-4-5-14(17)11(9-12)10-15(20)19-8-6-13-3-1-2-7-18-13/h1-5,7,9H,6,8,10H2,(H,19,20). The third-order valence-corrected chi connectivity index (χ3v) is 3.39. The first-order valence-corrected chi connectivity index (χ1v) is 7.01. The van der Waals surface area contributed by atoms with Gasteiger partial charge < -0.3 is 5.32 Å². The van der Waals surface area contributed by atoms with E-state index in [2.05, 4.69) is 10.3 Å². The van der Waals surface area contributed by atoms with Gasteiger partial charge >= 0.3 is 0 Å². The van der Waals surface area contributed by atoms with Crippen molar-refractivity contribution in [3.63, 3.8) is 0 Å². The number of carbonyl (C=O) groups excluding carboxylic acids is 1. The first-order chi connectivity index (χ1) is 9.65. The van der Waals surface area contributed by atoms with Crippen LogP contribution in [0.1, 0.15) is 11.3 Å². The van der Waals surface area contributed by atoms with Gasteiger partial charge in [0, 0.05) is 34.9 Å². The first-order valence-electron chi connectivity index (χ1n) is 6.25. The number of benzene rings is 1. The normalized spacial score (nSPS) is 10.3. The highest BCUT2D eigenvalue weighted by Gasteiger charge is 2.07. The van der Waals surface area contributed by atoms with Crippen LogP contribution in [0.25, 0.3) is 0 Å². The summed E-state index contributed by atoms with van der Waals surface area (Å²) in [6.45, 7) is 0.550. The molecule has 0 radical (unpaired) electrons. The molecule has 0 saturated carbocycles. The second-order valence-electron chi connectivity index (χ2n) is 4.33. The number of pyridine rings is 1. The van der Waals surface area contributed by atoms with E-state index in [-0.39, 0.29) is 12.3 Å². The lowest BCUT2D eigenvalue weighted by atomic mass is 10.1. The Labute approximate surface area is 127 Å². The molecule has 1 aromatic carbocycles. The molecule has 5 heteroatoms. The van der Waals surface area contributed by atoms with E-state index in [9.17, 15) is 4.79 Å². The maximum atomic E-state index is 11.8. The fraction of sp³-hybridized carbons (Fsp3) is 0.200. The summed E-state index contributed by atoms with van der Waals surface area (Å²) in [6, 6.07) is 10.8. The van der Waals surface area contributed by atoms with Gasteiger partial charge in [-0.05, 0) is 35.9 Å². The van der Waals surface area contributed by atoms with Gasteiger partial charge in [0.05, 0.1) is 6.42 Å². The number of aromatic nitrogens is 1. The molecule has 0 saturated heterocycles. The number of amides is 1. The molecule has 20 heavy (non-hydrogen) atoms. The molecule has 1 aromatic heterocycles. The van der Waals surface area contributed by atoms with Crippen molar-refractivity contribution in [1.82, 2.24) is 10.3 Å². The summed E-state index contributed by atoms with van der Waals surface area (Å²) in [5, 5.41) is 3.97. The van der Waals surface area contributed by atoms with Gasteiger partial charge in [-0.3, -0.25) is 9.78 Å². The van der Waals surface area contributed by atoms with E-state index >= 15 is 0 Å². The number of nitrogens with one attached hydrogen (secondary N) is 1. The average molecular weight is 309 g/mol. The van der Waals surface area contributed by atoms with Crippen molar-refractivity contribution < 1.29 is 4.79 Å². The molecule has 0 bridgehead atoms. The van der Waals surface area contributed by atoms with Crippen LogP contribution < -0.4 is 5.32 Å². The Kier molecular flexibility index (Phi) is 5.39. The largest absolute Gasteiger partial charge is 0.355 e. The molecule has 1 amide bonds. The molecule has 0 aliphatic heterocycles. The summed E-state index contributed by atoms with van der Waals surface area (Å²) in [5.41, 5.74) is 1.68. The molecule has 2 rings (SSSR count). The second kappa shape index (κ2) is 7.27. The van der Waals surface area contributed by atoms with Gasteiger partial charge in [-0.25, -0.2) is 0 Å². The minimum atomic E-state index is -0.0786. The summed E-state index contributed by atoms with van der Waals surface area (Å²) < 4.78 is 0. The number of hydrogen-bond acceptors (Lipinski definition) is 2. The predicted molar refractivity (Wildman–Crippen MR) is 81.1 cm³/mol. The lowest BCUT2D eigenvalue weighted by Crippen LogP contribution is -2.27. The summed E-state index contributed by atoms with van der Waals surface area (Å²) in [6.07, 6.45) is 2.67. The van der Waals surface area contributed by atoms with Crippen LogP contribution in [0.3, 0.4) is 0 Å². The highest BCUT2D eigenvalue weighted by molar-refractivity contribution is 6.33. The van der Waals surface area contributed by atoms with E-state index in [1.807, 2.05) is 18.2 Å². The third kappa shape index (κ3) is 4.51. The quantitative estimate of drug-likeness (QED) is 0.921. The Morgan fingerprint density at radius 1 is 1.20 bits per heavy atom. The second-order valence-corrected chi connectivity index (χ2v) is 5.18. The molecule has 104 valence electrons. The smallest absolute Gasteiger partial charge is 0.224 e. The van der Waals surface area contributed by atoms with Crippen molar-refractivity contribution in [3.05, 3.63) is 63.9 Å². The summed E-state index contributed by atoms with van der Waals surface area (Å²) in [4.78, 5) is 16.0. The number of carbonyl (C=O) groups is 1. The van der Waals surface area contributed by atoms with Crippen molar-refractivity contribution >= 4 is 29.1 Å². The van der Waals surface area contributed by atoms with E-state index < -0.39 is 0 Å². The van der Waals surface area contributed by atoms with Gasteiger partial charge in [0.15, 0.2) is 0 Å². The van der Waals surface area contributed by atoms with Crippen LogP contribution in [0.4, 0.5) is 0 Å². The molecule has 1 N–H and O–H groups in total. The Bertz CT molecular complexity index is 588. The van der Waals surface area contributed by atoms with Gasteiger partial charge in [0.1, 0.15) is 0 Å². The van der Waals surface area contributed by atoms with Crippen molar-refractivity contribution in [2.75, 3.05) is 6.54 Å². The van der Waals surface area contributed by atoms with Crippen molar-refractivity contribution in [3.8, 4) is 0 Å². The van der Waals surface area contributed by atoms with Crippen LogP contribution >= 0.6 is 23.2 Å². The Hall–Kier alpha value is -1.58. The van der Waals surface area contributed by atoms with E-state index in [0.29, 0.717) is 23.0 Å². The fourth-order valence-corrected chi connectivity index (χ4v) is 2.17. The summed E-state index contributed by atoms with van der Waals surface area (Å²) in [7, 11) is 0. The third-order valence-electron chi connectivity index (χ3n) is 2.79. The van der Waals surface area contributed by atoms with Gasteiger partial charge in [0.2, 0.25) is 5.91 Å². The van der Waals surface area contributed by atoms with Crippen molar-refractivity contribution in [2.45, 2.75) is 12.8 Å². The molecule has 3 nitrogen and oxygen atoms in total. The van der Waals surface area contributed by atoms with Gasteiger partial charge in [-0.1, -0.05) is 29.3 Å². The summed E-state index contributed by atoms with van der Waals surface area (Å²) >= 11 is 11.9. The topological polar surface area (TPSA) is 42.0 Å². The van der Waals surface area contributed by atoms with Gasteiger partial charge in [-0.2, -0.15) is 0 Å². The molecule has 1 heterocycles. The zero-order valence-corrected chi connectivity index (χ0v) is 12.3. The molecule has 0 aliphatic rings. The van der Waals surface area contributed by atoms with Crippen LogP contribution in [0, 0.1) is 0 Å². The van der Waals surface area contributed by atoms with Gasteiger partial charge in [-0.15, -0.1) is 0 Å². The molecule has 0 fully saturated rings. The van der Waals surface area contributed by atoms with Crippen molar-refractivity contribution in [2.24, 2.45) is 0 Å². The van der Waals surface area contributed by atoms with E-state index in [1.54, 1.807) is 24.4 Å². The minimum Gasteiger partial charge on any atom is -0.355 e. The predicted octanol–water partition coefficient (Wildman–Crippen LogP) is 3.29. The SMILES string of the molecule is O=C(Cc1cc(Cl)ccc1Cl)NCCc1ccccn1. The van der Waals surface area contributed by atoms with E-state index in [4.69, 9.17) is 23.2 Å².